The van der Waals surface area contributed by atoms with Crippen LogP contribution in [-0.4, -0.2) is 40.3 Å². The van der Waals surface area contributed by atoms with Gasteiger partial charge in [0.15, 0.2) is 5.78 Å². The van der Waals surface area contributed by atoms with Crippen molar-refractivity contribution in [2.24, 2.45) is 0 Å². The molecular weight excluding hydrogens is 302 g/mol. The zero-order valence-corrected chi connectivity index (χ0v) is 13.4. The van der Waals surface area contributed by atoms with Crippen LogP contribution in [0.5, 0.6) is 0 Å². The van der Waals surface area contributed by atoms with Crippen molar-refractivity contribution in [2.75, 3.05) is 6.61 Å². The predicted octanol–water partition coefficient (Wildman–Crippen LogP) is 2.32. The summed E-state index contributed by atoms with van der Waals surface area (Å²) in [7, 11) is 0. The summed E-state index contributed by atoms with van der Waals surface area (Å²) >= 11 is 0. The number of hydrogen-bond acceptors (Lipinski definition) is 6. The Morgan fingerprint density at radius 1 is 1.13 bits per heavy atom. The Morgan fingerprint density at radius 3 is 2.26 bits per heavy atom. The van der Waals surface area contributed by atoms with Crippen LogP contribution in [0.15, 0.2) is 30.3 Å². The molecule has 1 aromatic carbocycles. The van der Waals surface area contributed by atoms with E-state index in [1.165, 1.54) is 6.92 Å². The zero-order valence-electron chi connectivity index (χ0n) is 13.4. The van der Waals surface area contributed by atoms with Crippen LogP contribution in [0.1, 0.15) is 32.8 Å². The first kappa shape index (κ1) is 18.6. The topological polar surface area (TPSA) is 93.1 Å². The summed E-state index contributed by atoms with van der Waals surface area (Å²) < 4.78 is 9.73. The molecule has 1 rings (SSSR count). The number of esters is 1. The van der Waals surface area contributed by atoms with Gasteiger partial charge in [0.05, 0.1) is 6.61 Å². The highest BCUT2D eigenvalue weighted by molar-refractivity contribution is 6.09. The highest BCUT2D eigenvalue weighted by Crippen LogP contribution is 2.20. The van der Waals surface area contributed by atoms with Crippen molar-refractivity contribution in [3.8, 4) is 0 Å². The van der Waals surface area contributed by atoms with Gasteiger partial charge >= 0.3 is 12.1 Å². The van der Waals surface area contributed by atoms with E-state index in [-0.39, 0.29) is 24.7 Å². The minimum Gasteiger partial charge on any atom is -0.464 e. The van der Waals surface area contributed by atoms with E-state index < -0.39 is 23.4 Å². The predicted molar refractivity (Wildman–Crippen MR) is 80.6 cm³/mol. The number of carbonyl (C=O) groups excluding carboxylic acids is 3. The molecule has 7 nitrogen and oxygen atoms in total. The molecule has 0 saturated heterocycles. The Labute approximate surface area is 134 Å². The third-order valence-corrected chi connectivity index (χ3v) is 3.34. The molecule has 7 heteroatoms. The lowest BCUT2D eigenvalue weighted by Gasteiger charge is -2.31. The number of benzene rings is 1. The zero-order chi connectivity index (χ0) is 17.5. The van der Waals surface area contributed by atoms with Gasteiger partial charge in [0.2, 0.25) is 5.54 Å². The van der Waals surface area contributed by atoms with Crippen molar-refractivity contribution in [3.05, 3.63) is 35.9 Å². The van der Waals surface area contributed by atoms with E-state index in [4.69, 9.17) is 9.47 Å². The number of hydroxylamine groups is 2. The average Bonchev–Trinajstić information content (AvgIpc) is 2.58. The molecule has 0 fully saturated rings. The molecule has 0 radical (unpaired) electrons. The fourth-order valence-corrected chi connectivity index (χ4v) is 1.90. The van der Waals surface area contributed by atoms with E-state index in [1.54, 1.807) is 37.3 Å². The SMILES string of the molecule is CCOC(=O)C(C)(C(=O)CC)N(O)C(=O)OCc1ccccc1. The Balaban J connectivity index is 2.87. The monoisotopic (exact) mass is 323 g/mol. The van der Waals surface area contributed by atoms with E-state index in [2.05, 4.69) is 0 Å². The van der Waals surface area contributed by atoms with Gasteiger partial charge in [-0.15, -0.1) is 0 Å². The van der Waals surface area contributed by atoms with Gasteiger partial charge in [0.1, 0.15) is 6.61 Å². The summed E-state index contributed by atoms with van der Waals surface area (Å²) in [6, 6.07) is 8.81. The largest absolute Gasteiger partial charge is 0.464 e. The van der Waals surface area contributed by atoms with Gasteiger partial charge < -0.3 is 9.47 Å². The van der Waals surface area contributed by atoms with Crippen molar-refractivity contribution < 1.29 is 29.1 Å². The first-order valence-corrected chi connectivity index (χ1v) is 7.28. The number of Topliss-reactive ketones (excluding diaryl/α,β-unsaturated/α-hetero) is 1. The lowest BCUT2D eigenvalue weighted by Crippen LogP contribution is -2.59. The number of carbonyl (C=O) groups is 3. The fraction of sp³-hybridized carbons (Fsp3) is 0.438. The molecule has 0 aromatic heterocycles. The van der Waals surface area contributed by atoms with Crippen LogP contribution in [-0.2, 0) is 25.7 Å². The van der Waals surface area contributed by atoms with Gasteiger partial charge in [-0.3, -0.25) is 10.0 Å². The Morgan fingerprint density at radius 2 is 1.74 bits per heavy atom. The molecule has 0 aliphatic rings. The molecular formula is C16H21NO6. The van der Waals surface area contributed by atoms with Crippen molar-refractivity contribution in [1.82, 2.24) is 5.06 Å². The second kappa shape index (κ2) is 8.28. The number of rotatable bonds is 7. The van der Waals surface area contributed by atoms with Gasteiger partial charge in [-0.05, 0) is 19.4 Å². The third kappa shape index (κ3) is 4.29. The number of nitrogens with zero attached hydrogens (tertiary/aromatic N) is 1. The molecule has 1 aromatic rings. The number of hydrogen-bond donors (Lipinski definition) is 1. The number of ketones is 1. The smallest absolute Gasteiger partial charge is 0.435 e. The maximum Gasteiger partial charge on any atom is 0.435 e. The van der Waals surface area contributed by atoms with E-state index in [9.17, 15) is 19.6 Å². The summed E-state index contributed by atoms with van der Waals surface area (Å²) in [5.41, 5.74) is -1.44. The van der Waals surface area contributed by atoms with Crippen LogP contribution in [0, 0.1) is 0 Å². The summed E-state index contributed by atoms with van der Waals surface area (Å²) in [5.74, 6) is -1.67. The van der Waals surface area contributed by atoms with Crippen LogP contribution in [0.25, 0.3) is 0 Å². The third-order valence-electron chi connectivity index (χ3n) is 3.34. The van der Waals surface area contributed by atoms with E-state index in [1.807, 2.05) is 0 Å². The molecule has 0 spiro atoms. The van der Waals surface area contributed by atoms with E-state index in [0.717, 1.165) is 6.92 Å². The maximum atomic E-state index is 12.1. The summed E-state index contributed by atoms with van der Waals surface area (Å²) in [6.07, 6.45) is -1.26. The lowest BCUT2D eigenvalue weighted by molar-refractivity contribution is -0.188. The van der Waals surface area contributed by atoms with Gasteiger partial charge in [0.25, 0.3) is 0 Å². The maximum absolute atomic E-state index is 12.1. The van der Waals surface area contributed by atoms with Crippen molar-refractivity contribution in [2.45, 2.75) is 39.3 Å². The van der Waals surface area contributed by atoms with Gasteiger partial charge in [-0.2, -0.15) is 5.06 Å². The highest BCUT2D eigenvalue weighted by Gasteiger charge is 2.50. The molecule has 1 N–H and O–H groups in total. The van der Waals surface area contributed by atoms with Crippen LogP contribution in [0.2, 0.25) is 0 Å². The highest BCUT2D eigenvalue weighted by atomic mass is 16.6. The fourth-order valence-electron chi connectivity index (χ4n) is 1.90. The van der Waals surface area contributed by atoms with Gasteiger partial charge in [-0.1, -0.05) is 37.3 Å². The van der Waals surface area contributed by atoms with Crippen LogP contribution >= 0.6 is 0 Å². The molecule has 0 saturated carbocycles. The van der Waals surface area contributed by atoms with Crippen molar-refractivity contribution in [1.29, 1.82) is 0 Å². The molecule has 1 atom stereocenters. The van der Waals surface area contributed by atoms with Gasteiger partial charge in [0, 0.05) is 6.42 Å². The first-order chi connectivity index (χ1) is 10.9. The Hall–Kier alpha value is -2.41. The molecule has 126 valence electrons. The number of ether oxygens (including phenoxy) is 2. The summed E-state index contributed by atoms with van der Waals surface area (Å²) in [6.45, 7) is 4.11. The van der Waals surface area contributed by atoms with E-state index in [0.29, 0.717) is 5.56 Å². The molecule has 0 aliphatic carbocycles. The van der Waals surface area contributed by atoms with Crippen molar-refractivity contribution in [3.63, 3.8) is 0 Å². The van der Waals surface area contributed by atoms with Crippen LogP contribution < -0.4 is 0 Å². The molecule has 0 aliphatic heterocycles. The van der Waals surface area contributed by atoms with Crippen LogP contribution in [0.3, 0.4) is 0 Å². The molecule has 1 amide bonds. The molecule has 0 heterocycles. The Kier molecular flexibility index (Phi) is 6.71. The Bertz CT molecular complexity index is 559. The minimum absolute atomic E-state index is 0.000231. The lowest BCUT2D eigenvalue weighted by atomic mass is 9.94. The van der Waals surface area contributed by atoms with Gasteiger partial charge in [-0.25, -0.2) is 9.59 Å². The first-order valence-electron chi connectivity index (χ1n) is 7.28. The number of amides is 1. The van der Waals surface area contributed by atoms with E-state index >= 15 is 0 Å². The van der Waals surface area contributed by atoms with Crippen molar-refractivity contribution >= 4 is 17.8 Å². The normalized spacial score (nSPS) is 12.9. The molecule has 0 bridgehead atoms. The second-order valence-corrected chi connectivity index (χ2v) is 4.92. The van der Waals surface area contributed by atoms with Crippen LogP contribution in [0.4, 0.5) is 4.79 Å². The molecule has 1 unspecified atom stereocenters. The summed E-state index contributed by atoms with van der Waals surface area (Å²) in [5, 5.41) is 10.1. The molecule has 23 heavy (non-hydrogen) atoms. The minimum atomic E-state index is -2.14. The second-order valence-electron chi connectivity index (χ2n) is 4.92. The average molecular weight is 323 g/mol. The summed E-state index contributed by atoms with van der Waals surface area (Å²) in [4.78, 5) is 36.1. The standard InChI is InChI=1S/C16H21NO6/c1-4-13(18)16(3,14(19)22-5-2)17(21)15(20)23-11-12-9-7-6-8-10-12/h6-10,21H,4-5,11H2,1-3H3. The quantitative estimate of drug-likeness (QED) is 0.358.